The molecule has 0 saturated heterocycles. The molecule has 0 bridgehead atoms. The number of aryl methyl sites for hydroxylation is 2. The van der Waals surface area contributed by atoms with E-state index in [9.17, 15) is 14.7 Å². The second-order valence-corrected chi connectivity index (χ2v) is 6.86. The van der Waals surface area contributed by atoms with Crippen LogP contribution >= 0.6 is 0 Å². The largest absolute Gasteiger partial charge is 0.481 e. The Bertz CT molecular complexity index is 820. The zero-order valence-corrected chi connectivity index (χ0v) is 16.1. The number of carboxylic acids is 1. The number of carbonyl (C=O) groups excluding carboxylic acids is 1. The molecule has 2 rings (SSSR count). The van der Waals surface area contributed by atoms with Crippen LogP contribution in [0.4, 0.5) is 0 Å². The molecular weight excluding hydrogens is 330 g/mol. The molecule has 1 aromatic carbocycles. The number of aliphatic carboxylic acids is 1. The molecule has 0 spiro atoms. The number of carboxylic acid groups (broad SMARTS) is 1. The van der Waals surface area contributed by atoms with Crippen LogP contribution in [0.1, 0.15) is 60.3 Å². The zero-order chi connectivity index (χ0) is 19.5. The Hall–Kier alpha value is -2.63. The second kappa shape index (κ2) is 7.72. The maximum atomic E-state index is 12.8. The van der Waals surface area contributed by atoms with E-state index >= 15 is 0 Å². The maximum Gasteiger partial charge on any atom is 0.305 e. The van der Waals surface area contributed by atoms with Crippen molar-refractivity contribution in [3.63, 3.8) is 0 Å². The van der Waals surface area contributed by atoms with Gasteiger partial charge in [0.05, 0.1) is 35.1 Å². The molecular formula is C20H27N3O3. The highest BCUT2D eigenvalue weighted by atomic mass is 16.4. The van der Waals surface area contributed by atoms with Crippen LogP contribution in [0.25, 0.3) is 5.69 Å². The maximum absolute atomic E-state index is 12.8. The summed E-state index contributed by atoms with van der Waals surface area (Å²) in [5, 5.41) is 16.5. The van der Waals surface area contributed by atoms with Gasteiger partial charge in [-0.05, 0) is 50.8 Å². The molecule has 1 amide bonds. The minimum Gasteiger partial charge on any atom is -0.481 e. The van der Waals surface area contributed by atoms with Crippen molar-refractivity contribution in [2.45, 2.75) is 59.4 Å². The highest BCUT2D eigenvalue weighted by molar-refractivity contribution is 5.96. The first-order valence-electron chi connectivity index (χ1n) is 8.89. The van der Waals surface area contributed by atoms with Gasteiger partial charge in [0.2, 0.25) is 0 Å². The number of rotatable bonds is 7. The Kier molecular flexibility index (Phi) is 5.85. The van der Waals surface area contributed by atoms with Gasteiger partial charge in [0.15, 0.2) is 0 Å². The van der Waals surface area contributed by atoms with Crippen LogP contribution in [0.2, 0.25) is 0 Å². The van der Waals surface area contributed by atoms with Crippen LogP contribution < -0.4 is 5.32 Å². The number of nitrogens with zero attached hydrogens (tertiary/aromatic N) is 2. The van der Waals surface area contributed by atoms with Crippen molar-refractivity contribution in [3.8, 4) is 5.69 Å². The molecule has 0 saturated carbocycles. The van der Waals surface area contributed by atoms with E-state index in [1.807, 2.05) is 52.8 Å². The summed E-state index contributed by atoms with van der Waals surface area (Å²) in [5.74, 6) is -1.21. The summed E-state index contributed by atoms with van der Waals surface area (Å²) in [5.41, 5.74) is 3.55. The minimum absolute atomic E-state index is 0.101. The number of benzene rings is 1. The van der Waals surface area contributed by atoms with Crippen molar-refractivity contribution in [1.29, 1.82) is 0 Å². The van der Waals surface area contributed by atoms with Crippen molar-refractivity contribution >= 4 is 11.9 Å². The fourth-order valence-corrected chi connectivity index (χ4v) is 3.14. The van der Waals surface area contributed by atoms with Crippen molar-refractivity contribution in [2.24, 2.45) is 0 Å². The molecule has 0 atom stereocenters. The quantitative estimate of drug-likeness (QED) is 0.793. The third kappa shape index (κ3) is 3.95. The molecule has 2 aromatic rings. The highest BCUT2D eigenvalue weighted by Crippen LogP contribution is 2.23. The molecule has 1 heterocycles. The van der Waals surface area contributed by atoms with Crippen molar-refractivity contribution in [2.75, 3.05) is 0 Å². The number of hydrogen-bond donors (Lipinski definition) is 2. The molecule has 0 unspecified atom stereocenters. The first-order valence-corrected chi connectivity index (χ1v) is 8.89. The number of aromatic nitrogens is 2. The van der Waals surface area contributed by atoms with Crippen molar-refractivity contribution in [3.05, 3.63) is 46.8 Å². The van der Waals surface area contributed by atoms with E-state index in [2.05, 4.69) is 10.4 Å². The molecule has 0 aliphatic carbocycles. The lowest BCUT2D eigenvalue weighted by Gasteiger charge is -2.31. The van der Waals surface area contributed by atoms with Gasteiger partial charge in [-0.1, -0.05) is 26.0 Å². The number of hydrogen-bond acceptors (Lipinski definition) is 3. The summed E-state index contributed by atoms with van der Waals surface area (Å²) in [6, 6.07) is 6.09. The number of nitrogens with one attached hydrogen (secondary N) is 1. The average Bonchev–Trinajstić information content (AvgIpc) is 2.97. The fourth-order valence-electron chi connectivity index (χ4n) is 3.14. The minimum atomic E-state index is -0.920. The Morgan fingerprint density at radius 3 is 2.42 bits per heavy atom. The van der Waals surface area contributed by atoms with E-state index in [0.717, 1.165) is 22.5 Å². The van der Waals surface area contributed by atoms with E-state index in [-0.39, 0.29) is 12.3 Å². The third-order valence-corrected chi connectivity index (χ3v) is 5.07. The van der Waals surface area contributed by atoms with E-state index in [0.29, 0.717) is 18.4 Å². The van der Waals surface area contributed by atoms with Crippen LogP contribution in [0.5, 0.6) is 0 Å². The molecule has 0 radical (unpaired) electrons. The monoisotopic (exact) mass is 357 g/mol. The van der Waals surface area contributed by atoms with Crippen LogP contribution in [0, 0.1) is 20.8 Å². The van der Waals surface area contributed by atoms with E-state index in [1.165, 1.54) is 0 Å². The molecule has 140 valence electrons. The van der Waals surface area contributed by atoms with Crippen molar-refractivity contribution in [1.82, 2.24) is 15.1 Å². The zero-order valence-electron chi connectivity index (χ0n) is 16.1. The smallest absolute Gasteiger partial charge is 0.305 e. The van der Waals surface area contributed by atoms with Gasteiger partial charge < -0.3 is 10.4 Å². The summed E-state index contributed by atoms with van der Waals surface area (Å²) < 4.78 is 1.76. The van der Waals surface area contributed by atoms with Crippen LogP contribution in [-0.4, -0.2) is 32.3 Å². The van der Waals surface area contributed by atoms with E-state index in [4.69, 9.17) is 0 Å². The molecule has 26 heavy (non-hydrogen) atoms. The lowest BCUT2D eigenvalue weighted by Crippen LogP contribution is -2.49. The number of carbonyl (C=O) groups is 2. The molecule has 6 nitrogen and oxygen atoms in total. The first-order chi connectivity index (χ1) is 12.2. The summed E-state index contributed by atoms with van der Waals surface area (Å²) in [6.07, 6.45) is 2.54. The van der Waals surface area contributed by atoms with Gasteiger partial charge in [-0.15, -0.1) is 0 Å². The van der Waals surface area contributed by atoms with Gasteiger partial charge >= 0.3 is 5.97 Å². The summed E-state index contributed by atoms with van der Waals surface area (Å²) in [7, 11) is 0. The van der Waals surface area contributed by atoms with Crippen LogP contribution in [-0.2, 0) is 4.79 Å². The fraction of sp³-hybridized carbons (Fsp3) is 0.450. The van der Waals surface area contributed by atoms with E-state index in [1.54, 1.807) is 10.9 Å². The highest BCUT2D eigenvalue weighted by Gasteiger charge is 2.32. The topological polar surface area (TPSA) is 84.2 Å². The van der Waals surface area contributed by atoms with Gasteiger partial charge in [0.1, 0.15) is 0 Å². The van der Waals surface area contributed by atoms with Gasteiger partial charge in [0.25, 0.3) is 5.91 Å². The summed E-state index contributed by atoms with van der Waals surface area (Å²) in [4.78, 5) is 24.0. The average molecular weight is 357 g/mol. The van der Waals surface area contributed by atoms with Gasteiger partial charge in [-0.2, -0.15) is 5.10 Å². The van der Waals surface area contributed by atoms with Crippen LogP contribution in [0.15, 0.2) is 24.4 Å². The Balaban J connectivity index is 2.35. The molecule has 0 aliphatic heterocycles. The standard InChI is InChI=1S/C20H27N3O3/c1-6-20(7-2,11-18(24)25)22-19(26)16-12-21-23(15(16)5)17-10-13(3)8-9-14(17)4/h8-10,12H,6-7,11H2,1-5H3,(H,22,26)(H,24,25). The van der Waals surface area contributed by atoms with Gasteiger partial charge in [0, 0.05) is 0 Å². The molecule has 6 heteroatoms. The predicted octanol–water partition coefficient (Wildman–Crippen LogP) is 3.56. The van der Waals surface area contributed by atoms with Crippen LogP contribution in [0.3, 0.4) is 0 Å². The molecule has 0 aliphatic rings. The lowest BCUT2D eigenvalue weighted by molar-refractivity contribution is -0.138. The Morgan fingerprint density at radius 2 is 1.85 bits per heavy atom. The number of amides is 1. The molecule has 0 fully saturated rings. The summed E-state index contributed by atoms with van der Waals surface area (Å²) >= 11 is 0. The Labute approximate surface area is 154 Å². The Morgan fingerprint density at radius 1 is 1.19 bits per heavy atom. The summed E-state index contributed by atoms with van der Waals surface area (Å²) in [6.45, 7) is 9.64. The lowest BCUT2D eigenvalue weighted by atomic mass is 9.88. The normalized spacial score (nSPS) is 11.4. The third-order valence-electron chi connectivity index (χ3n) is 5.07. The van der Waals surface area contributed by atoms with E-state index < -0.39 is 11.5 Å². The molecule has 1 aromatic heterocycles. The molecule has 2 N–H and O–H groups in total. The van der Waals surface area contributed by atoms with Crippen molar-refractivity contribution < 1.29 is 14.7 Å². The SMILES string of the molecule is CCC(CC)(CC(=O)O)NC(=O)c1cnn(-c2cc(C)ccc2C)c1C. The predicted molar refractivity (Wildman–Crippen MR) is 101 cm³/mol. The van der Waals surface area contributed by atoms with Gasteiger partial charge in [-0.25, -0.2) is 4.68 Å². The second-order valence-electron chi connectivity index (χ2n) is 6.86. The van der Waals surface area contributed by atoms with Gasteiger partial charge in [-0.3, -0.25) is 9.59 Å². The first kappa shape index (κ1) is 19.7.